The minimum Gasteiger partial charge on any atom is -0.493 e. The van der Waals surface area contributed by atoms with E-state index in [4.69, 9.17) is 4.74 Å². The van der Waals surface area contributed by atoms with E-state index >= 15 is 0 Å². The van der Waals surface area contributed by atoms with Crippen molar-refractivity contribution in [2.24, 2.45) is 7.05 Å². The molecular weight excluding hydrogens is 344 g/mol. The molecule has 0 aliphatic heterocycles. The van der Waals surface area contributed by atoms with Crippen molar-refractivity contribution in [2.45, 2.75) is 33.4 Å². The van der Waals surface area contributed by atoms with Crippen LogP contribution < -0.4 is 9.47 Å². The number of rotatable bonds is 7. The summed E-state index contributed by atoms with van der Waals surface area (Å²) in [5, 5.41) is 4.32. The van der Waals surface area contributed by atoms with Crippen LogP contribution in [0.5, 0.6) is 11.5 Å². The van der Waals surface area contributed by atoms with Crippen LogP contribution in [0.1, 0.15) is 22.5 Å². The summed E-state index contributed by atoms with van der Waals surface area (Å²) >= 11 is 0. The third-order valence-electron chi connectivity index (χ3n) is 4.28. The van der Waals surface area contributed by atoms with Gasteiger partial charge in [0, 0.05) is 31.9 Å². The normalized spacial score (nSPS) is 10.9. The van der Waals surface area contributed by atoms with E-state index in [-0.39, 0.29) is 23.8 Å². The molecule has 1 aromatic heterocycles. The average molecular weight is 367 g/mol. The highest BCUT2D eigenvalue weighted by atomic mass is 19.3. The summed E-state index contributed by atoms with van der Waals surface area (Å²) in [6.45, 7) is 1.20. The second-order valence-electron chi connectivity index (χ2n) is 6.06. The van der Waals surface area contributed by atoms with Crippen LogP contribution in [0.4, 0.5) is 8.78 Å². The van der Waals surface area contributed by atoms with Crippen molar-refractivity contribution in [1.29, 1.82) is 0 Å². The van der Waals surface area contributed by atoms with Crippen LogP contribution >= 0.6 is 0 Å². The largest absolute Gasteiger partial charge is 0.493 e. The van der Waals surface area contributed by atoms with Gasteiger partial charge in [0.25, 0.3) is 0 Å². The fraction of sp³-hybridized carbons (Fsp3) is 0.444. The Morgan fingerprint density at radius 1 is 1.31 bits per heavy atom. The molecule has 0 bridgehead atoms. The van der Waals surface area contributed by atoms with Crippen molar-refractivity contribution in [2.75, 3.05) is 14.2 Å². The fourth-order valence-corrected chi connectivity index (χ4v) is 2.73. The molecule has 0 saturated carbocycles. The van der Waals surface area contributed by atoms with E-state index in [9.17, 15) is 13.6 Å². The zero-order chi connectivity index (χ0) is 19.4. The molecule has 26 heavy (non-hydrogen) atoms. The first-order chi connectivity index (χ1) is 12.2. The summed E-state index contributed by atoms with van der Waals surface area (Å²) in [4.78, 5) is 14.1. The van der Waals surface area contributed by atoms with Gasteiger partial charge in [-0.3, -0.25) is 9.48 Å². The van der Waals surface area contributed by atoms with Gasteiger partial charge in [0.05, 0.1) is 19.2 Å². The van der Waals surface area contributed by atoms with E-state index in [1.54, 1.807) is 28.8 Å². The lowest BCUT2D eigenvalue weighted by Crippen LogP contribution is -2.28. The molecule has 1 heterocycles. The zero-order valence-electron chi connectivity index (χ0n) is 15.5. The summed E-state index contributed by atoms with van der Waals surface area (Å²) in [5.74, 6) is 0.0977. The predicted molar refractivity (Wildman–Crippen MR) is 92.5 cm³/mol. The number of benzene rings is 1. The number of amides is 1. The van der Waals surface area contributed by atoms with E-state index in [1.165, 1.54) is 13.2 Å². The quantitative estimate of drug-likeness (QED) is 0.755. The van der Waals surface area contributed by atoms with Gasteiger partial charge in [-0.2, -0.15) is 13.9 Å². The average Bonchev–Trinajstić information content (AvgIpc) is 2.81. The topological polar surface area (TPSA) is 56.6 Å². The Bertz CT molecular complexity index is 790. The Morgan fingerprint density at radius 3 is 2.54 bits per heavy atom. The minimum atomic E-state index is -2.93. The fourth-order valence-electron chi connectivity index (χ4n) is 2.73. The molecule has 8 heteroatoms. The zero-order valence-corrected chi connectivity index (χ0v) is 15.5. The Labute approximate surface area is 151 Å². The van der Waals surface area contributed by atoms with Crippen molar-refractivity contribution in [3.8, 4) is 11.5 Å². The molecule has 1 amide bonds. The molecule has 0 N–H and O–H groups in total. The number of ether oxygens (including phenoxy) is 2. The van der Waals surface area contributed by atoms with Gasteiger partial charge in [0.1, 0.15) is 0 Å². The van der Waals surface area contributed by atoms with Gasteiger partial charge in [0.15, 0.2) is 11.5 Å². The molecule has 0 unspecified atom stereocenters. The van der Waals surface area contributed by atoms with Crippen molar-refractivity contribution in [1.82, 2.24) is 14.7 Å². The van der Waals surface area contributed by atoms with Crippen molar-refractivity contribution >= 4 is 5.91 Å². The smallest absolute Gasteiger partial charge is 0.387 e. The Kier molecular flexibility index (Phi) is 6.18. The van der Waals surface area contributed by atoms with Gasteiger partial charge in [-0.1, -0.05) is 6.07 Å². The van der Waals surface area contributed by atoms with Gasteiger partial charge in [-0.25, -0.2) is 0 Å². The van der Waals surface area contributed by atoms with Crippen LogP contribution in [0.15, 0.2) is 18.2 Å². The van der Waals surface area contributed by atoms with Gasteiger partial charge in [0.2, 0.25) is 5.91 Å². The lowest BCUT2D eigenvalue weighted by Gasteiger charge is -2.19. The molecule has 0 atom stereocenters. The van der Waals surface area contributed by atoms with Crippen molar-refractivity contribution < 1.29 is 23.0 Å². The second kappa shape index (κ2) is 8.16. The highest BCUT2D eigenvalue weighted by molar-refractivity contribution is 5.79. The molecule has 0 saturated heterocycles. The Morgan fingerprint density at radius 2 is 2.00 bits per heavy atom. The first kappa shape index (κ1) is 19.7. The number of hydrogen-bond acceptors (Lipinski definition) is 4. The number of methoxy groups -OCH3 is 1. The third-order valence-corrected chi connectivity index (χ3v) is 4.28. The van der Waals surface area contributed by atoms with Crippen molar-refractivity contribution in [3.05, 3.63) is 40.7 Å². The first-order valence-electron chi connectivity index (χ1n) is 8.07. The SMILES string of the molecule is COc1cc(CN(C)C(=O)Cc2c(C)nn(C)c2C)ccc1OC(F)F. The summed E-state index contributed by atoms with van der Waals surface area (Å²) in [7, 11) is 4.91. The number of hydrogen-bond donors (Lipinski definition) is 0. The molecule has 0 aliphatic rings. The van der Waals surface area contributed by atoms with E-state index in [1.807, 2.05) is 20.9 Å². The monoisotopic (exact) mass is 367 g/mol. The number of alkyl halides is 2. The highest BCUT2D eigenvalue weighted by Crippen LogP contribution is 2.29. The standard InChI is InChI=1S/C18H23F2N3O3/c1-11-14(12(2)23(4)21-11)9-17(24)22(3)10-13-6-7-15(26-18(19)20)16(8-13)25-5/h6-8,18H,9-10H2,1-5H3. The highest BCUT2D eigenvalue weighted by Gasteiger charge is 2.17. The number of likely N-dealkylation sites (N-methyl/N-ethyl adjacent to an activating group) is 1. The van der Waals surface area contributed by atoms with Gasteiger partial charge < -0.3 is 14.4 Å². The van der Waals surface area contributed by atoms with E-state index < -0.39 is 6.61 Å². The maximum absolute atomic E-state index is 12.5. The summed E-state index contributed by atoms with van der Waals surface area (Å²) in [6, 6.07) is 4.63. The molecular formula is C18H23F2N3O3. The van der Waals surface area contributed by atoms with Crippen LogP contribution in [-0.2, 0) is 24.8 Å². The molecule has 0 aliphatic carbocycles. The molecule has 2 rings (SSSR count). The van der Waals surface area contributed by atoms with E-state index in [0.717, 1.165) is 22.5 Å². The molecule has 0 radical (unpaired) electrons. The first-order valence-corrected chi connectivity index (χ1v) is 8.07. The second-order valence-corrected chi connectivity index (χ2v) is 6.06. The number of nitrogens with zero attached hydrogens (tertiary/aromatic N) is 3. The molecule has 142 valence electrons. The predicted octanol–water partition coefficient (Wildman–Crippen LogP) is 2.85. The lowest BCUT2D eigenvalue weighted by atomic mass is 10.1. The van der Waals surface area contributed by atoms with Crippen LogP contribution in [0.25, 0.3) is 0 Å². The molecule has 1 aromatic carbocycles. The lowest BCUT2D eigenvalue weighted by molar-refractivity contribution is -0.129. The van der Waals surface area contributed by atoms with Gasteiger partial charge >= 0.3 is 6.61 Å². The molecule has 0 spiro atoms. The Balaban J connectivity index is 2.08. The van der Waals surface area contributed by atoms with E-state index in [2.05, 4.69) is 9.84 Å². The molecule has 2 aromatic rings. The maximum atomic E-state index is 12.5. The van der Waals surface area contributed by atoms with Crippen LogP contribution in [0.3, 0.4) is 0 Å². The summed E-state index contributed by atoms with van der Waals surface area (Å²) in [6.07, 6.45) is 0.256. The van der Waals surface area contributed by atoms with Crippen LogP contribution in [-0.4, -0.2) is 41.4 Å². The number of aryl methyl sites for hydroxylation is 2. The van der Waals surface area contributed by atoms with Gasteiger partial charge in [-0.15, -0.1) is 0 Å². The number of carbonyl (C=O) groups excluding carboxylic acids is 1. The van der Waals surface area contributed by atoms with Crippen LogP contribution in [0.2, 0.25) is 0 Å². The summed E-state index contributed by atoms with van der Waals surface area (Å²) in [5.41, 5.74) is 3.46. The summed E-state index contributed by atoms with van der Waals surface area (Å²) < 4.78 is 36.0. The maximum Gasteiger partial charge on any atom is 0.387 e. The van der Waals surface area contributed by atoms with E-state index in [0.29, 0.717) is 6.54 Å². The minimum absolute atomic E-state index is 0.0400. The van der Waals surface area contributed by atoms with Gasteiger partial charge in [-0.05, 0) is 31.5 Å². The number of aromatic nitrogens is 2. The molecule has 6 nitrogen and oxygen atoms in total. The Hall–Kier alpha value is -2.64. The molecule has 0 fully saturated rings. The van der Waals surface area contributed by atoms with Crippen molar-refractivity contribution in [3.63, 3.8) is 0 Å². The number of halogens is 2. The van der Waals surface area contributed by atoms with Crippen LogP contribution in [0, 0.1) is 13.8 Å². The third kappa shape index (κ3) is 4.50. The number of carbonyl (C=O) groups is 1.